The van der Waals surface area contributed by atoms with Crippen LogP contribution in [0, 0.1) is 13.8 Å². The molecule has 0 bridgehead atoms. The first-order valence-corrected chi connectivity index (χ1v) is 11.6. The Balaban J connectivity index is 1.82. The topological polar surface area (TPSA) is 84.3 Å². The first-order valence-electron chi connectivity index (χ1n) is 10.1. The number of aromatic nitrogens is 2. The van der Waals surface area contributed by atoms with Gasteiger partial charge in [0, 0.05) is 16.8 Å². The fourth-order valence-electron chi connectivity index (χ4n) is 3.68. The zero-order valence-corrected chi connectivity index (χ0v) is 18.4. The number of aryl methyl sites for hydroxylation is 2. The van der Waals surface area contributed by atoms with Gasteiger partial charge in [-0.25, -0.2) is 23.4 Å². The number of nitrogens with one attached hydrogen (secondary N) is 1. The van der Waals surface area contributed by atoms with Gasteiger partial charge in [-0.05, 0) is 38.1 Å². The second-order valence-electron chi connectivity index (χ2n) is 7.70. The van der Waals surface area contributed by atoms with Crippen molar-refractivity contribution in [3.8, 4) is 0 Å². The van der Waals surface area contributed by atoms with Gasteiger partial charge < -0.3 is 5.32 Å². The predicted octanol–water partition coefficient (Wildman–Crippen LogP) is 5.15. The summed E-state index contributed by atoms with van der Waals surface area (Å²) in [4.78, 5) is 13.5. The first-order chi connectivity index (χ1) is 15.4. The van der Waals surface area contributed by atoms with Crippen molar-refractivity contribution >= 4 is 32.7 Å². The van der Waals surface area contributed by atoms with Gasteiger partial charge in [0.1, 0.15) is 12.0 Å². The molecule has 0 saturated carbocycles. The summed E-state index contributed by atoms with van der Waals surface area (Å²) in [6.45, 7) is 3.94. The van der Waals surface area contributed by atoms with E-state index in [0.29, 0.717) is 17.1 Å². The molecule has 1 aliphatic heterocycles. The number of nitrogens with zero attached hydrogens (tertiary/aromatic N) is 3. The second-order valence-corrected chi connectivity index (χ2v) is 9.53. The molecule has 0 saturated heterocycles. The van der Waals surface area contributed by atoms with Crippen molar-refractivity contribution in [2.45, 2.75) is 23.8 Å². The predicted molar refractivity (Wildman–Crippen MR) is 125 cm³/mol. The van der Waals surface area contributed by atoms with Crippen LogP contribution >= 0.6 is 0 Å². The van der Waals surface area contributed by atoms with Gasteiger partial charge in [-0.1, -0.05) is 59.7 Å². The molecule has 2 heterocycles. The van der Waals surface area contributed by atoms with Crippen LogP contribution in [0.15, 0.2) is 94.0 Å². The zero-order valence-electron chi connectivity index (χ0n) is 17.6. The average molecular weight is 441 g/mol. The van der Waals surface area contributed by atoms with Crippen LogP contribution in [0.4, 0.5) is 17.2 Å². The Morgan fingerprint density at radius 2 is 1.53 bits per heavy atom. The molecule has 0 unspecified atom stereocenters. The van der Waals surface area contributed by atoms with Crippen LogP contribution in [0.5, 0.6) is 0 Å². The molecule has 0 fully saturated rings. The van der Waals surface area contributed by atoms with E-state index in [1.165, 1.54) is 6.33 Å². The Kier molecular flexibility index (Phi) is 4.83. The Hall–Kier alpha value is -3.84. The summed E-state index contributed by atoms with van der Waals surface area (Å²) in [6.07, 6.45) is 1.25. The van der Waals surface area contributed by atoms with Gasteiger partial charge in [-0.2, -0.15) is 0 Å². The zero-order chi connectivity index (χ0) is 22.3. The molecule has 0 spiro atoms. The van der Waals surface area contributed by atoms with Gasteiger partial charge >= 0.3 is 0 Å². The molecule has 1 N–H and O–H groups in total. The van der Waals surface area contributed by atoms with Crippen molar-refractivity contribution in [1.29, 1.82) is 0 Å². The summed E-state index contributed by atoms with van der Waals surface area (Å²) < 4.78 is 27.3. The lowest BCUT2D eigenvalue weighted by Gasteiger charge is -2.11. The fraction of sp³-hybridized carbons (Fsp3) is 0.0800. The number of benzene rings is 3. The van der Waals surface area contributed by atoms with Gasteiger partial charge in [0.05, 0.1) is 10.6 Å². The highest BCUT2D eigenvalue weighted by Crippen LogP contribution is 2.39. The number of aliphatic imine (C=N–C) groups is 1. The van der Waals surface area contributed by atoms with Crippen molar-refractivity contribution in [2.75, 3.05) is 5.32 Å². The number of fused-ring (bicyclic) bond motifs is 2. The van der Waals surface area contributed by atoms with Crippen molar-refractivity contribution in [1.82, 2.24) is 9.97 Å². The number of para-hydroxylation sites is 1. The monoisotopic (exact) mass is 440 g/mol. The Labute approximate surface area is 186 Å². The SMILES string of the molecule is Cc1ccc(C2=Nc3c(Nc4ccccc4)ncnc3S(=O)(=O)c3ccc(C)cc32)cc1. The van der Waals surface area contributed by atoms with E-state index in [-0.39, 0.29) is 15.6 Å². The van der Waals surface area contributed by atoms with Gasteiger partial charge in [0.15, 0.2) is 10.8 Å². The lowest BCUT2D eigenvalue weighted by atomic mass is 9.99. The molecule has 5 rings (SSSR count). The number of rotatable bonds is 3. The molecular weight excluding hydrogens is 420 g/mol. The maximum atomic E-state index is 13.7. The molecule has 32 heavy (non-hydrogen) atoms. The molecule has 0 aliphatic carbocycles. The molecular formula is C25H20N4O2S. The molecule has 4 aromatic rings. The number of sulfone groups is 1. The standard InChI is InChI=1S/C25H20N4O2S/c1-16-8-11-18(12-9-16)22-20-14-17(2)10-13-21(20)32(30,31)25-23(29-22)24(26-15-27-25)28-19-6-4-3-5-7-19/h3-15H,1-2H3,(H,26,27,28). The maximum Gasteiger partial charge on any atom is 0.226 e. The Morgan fingerprint density at radius 1 is 0.812 bits per heavy atom. The first kappa shape index (κ1) is 20.1. The molecule has 0 amide bonds. The summed E-state index contributed by atoms with van der Waals surface area (Å²) in [6, 6.07) is 22.6. The van der Waals surface area contributed by atoms with Crippen LogP contribution in [0.1, 0.15) is 22.3 Å². The van der Waals surface area contributed by atoms with Crippen molar-refractivity contribution in [3.63, 3.8) is 0 Å². The van der Waals surface area contributed by atoms with Crippen LogP contribution < -0.4 is 5.32 Å². The van der Waals surface area contributed by atoms with E-state index in [1.807, 2.05) is 74.5 Å². The van der Waals surface area contributed by atoms with Crippen LogP contribution in [-0.2, 0) is 9.84 Å². The Morgan fingerprint density at radius 3 is 2.28 bits per heavy atom. The quantitative estimate of drug-likeness (QED) is 0.392. The van der Waals surface area contributed by atoms with E-state index >= 15 is 0 Å². The highest BCUT2D eigenvalue weighted by atomic mass is 32.2. The van der Waals surface area contributed by atoms with Crippen LogP contribution in [0.2, 0.25) is 0 Å². The van der Waals surface area contributed by atoms with Gasteiger partial charge in [0.2, 0.25) is 9.84 Å². The molecule has 1 aliphatic rings. The third-order valence-electron chi connectivity index (χ3n) is 5.31. The summed E-state index contributed by atoms with van der Waals surface area (Å²) >= 11 is 0. The minimum atomic E-state index is -3.92. The van der Waals surface area contributed by atoms with E-state index in [0.717, 1.165) is 22.4 Å². The molecule has 1 aromatic heterocycles. The summed E-state index contributed by atoms with van der Waals surface area (Å²) in [5.74, 6) is 0.332. The van der Waals surface area contributed by atoms with Gasteiger partial charge in [-0.3, -0.25) is 0 Å². The van der Waals surface area contributed by atoms with E-state index in [2.05, 4.69) is 15.3 Å². The van der Waals surface area contributed by atoms with Gasteiger partial charge in [-0.15, -0.1) is 0 Å². The average Bonchev–Trinajstić information content (AvgIpc) is 2.88. The molecule has 0 radical (unpaired) electrons. The number of hydrogen-bond donors (Lipinski definition) is 1. The number of anilines is 2. The smallest absolute Gasteiger partial charge is 0.226 e. The molecule has 3 aromatic carbocycles. The third kappa shape index (κ3) is 3.46. The molecule has 158 valence electrons. The van der Waals surface area contributed by atoms with E-state index in [1.54, 1.807) is 12.1 Å². The van der Waals surface area contributed by atoms with E-state index in [9.17, 15) is 8.42 Å². The van der Waals surface area contributed by atoms with E-state index < -0.39 is 9.84 Å². The lowest BCUT2D eigenvalue weighted by molar-refractivity contribution is 0.592. The van der Waals surface area contributed by atoms with E-state index in [4.69, 9.17) is 4.99 Å². The van der Waals surface area contributed by atoms with Crippen molar-refractivity contribution in [2.24, 2.45) is 4.99 Å². The second kappa shape index (κ2) is 7.69. The largest absolute Gasteiger partial charge is 0.338 e. The minimum Gasteiger partial charge on any atom is -0.338 e. The summed E-state index contributed by atoms with van der Waals surface area (Å²) in [5.41, 5.74) is 4.96. The Bertz CT molecular complexity index is 1460. The lowest BCUT2D eigenvalue weighted by Crippen LogP contribution is -2.10. The number of hydrogen-bond acceptors (Lipinski definition) is 6. The van der Waals surface area contributed by atoms with Crippen molar-refractivity contribution in [3.05, 3.63) is 101 Å². The van der Waals surface area contributed by atoms with Crippen LogP contribution in [0.25, 0.3) is 0 Å². The summed E-state index contributed by atoms with van der Waals surface area (Å²) in [7, 11) is -3.92. The summed E-state index contributed by atoms with van der Waals surface area (Å²) in [5, 5.41) is 3.08. The highest BCUT2D eigenvalue weighted by molar-refractivity contribution is 7.91. The van der Waals surface area contributed by atoms with Crippen LogP contribution in [0.3, 0.4) is 0 Å². The van der Waals surface area contributed by atoms with Gasteiger partial charge in [0.25, 0.3) is 0 Å². The third-order valence-corrected chi connectivity index (χ3v) is 7.05. The van der Waals surface area contributed by atoms with Crippen molar-refractivity contribution < 1.29 is 8.42 Å². The minimum absolute atomic E-state index is 0.113. The fourth-order valence-corrected chi connectivity index (χ4v) is 5.16. The molecule has 7 heteroatoms. The normalized spacial score (nSPS) is 14.0. The van der Waals surface area contributed by atoms with Crippen LogP contribution in [-0.4, -0.2) is 24.1 Å². The molecule has 6 nitrogen and oxygen atoms in total. The maximum absolute atomic E-state index is 13.7. The highest BCUT2D eigenvalue weighted by Gasteiger charge is 2.33. The molecule has 0 atom stereocenters.